The van der Waals surface area contributed by atoms with Gasteiger partial charge in [-0.25, -0.2) is 4.79 Å². The zero-order valence-electron chi connectivity index (χ0n) is 12.3. The molecule has 0 aromatic heterocycles. The average Bonchev–Trinajstić information content (AvgIpc) is 2.55. The van der Waals surface area contributed by atoms with Gasteiger partial charge in [-0.15, -0.1) is 0 Å². The molecule has 0 fully saturated rings. The Morgan fingerprint density at radius 3 is 2.27 bits per heavy atom. The first-order chi connectivity index (χ1) is 10.6. The highest BCUT2D eigenvalue weighted by Crippen LogP contribution is 2.13. The van der Waals surface area contributed by atoms with E-state index in [-0.39, 0.29) is 5.97 Å². The van der Waals surface area contributed by atoms with Crippen LogP contribution < -0.4 is 11.1 Å². The molecular weight excluding hydrogens is 280 g/mol. The van der Waals surface area contributed by atoms with Crippen LogP contribution in [0.3, 0.4) is 0 Å². The van der Waals surface area contributed by atoms with Crippen LogP contribution in [0.5, 0.6) is 0 Å². The highest BCUT2D eigenvalue weighted by atomic mass is 16.5. The molecular formula is C17H18N2O3. The molecule has 0 spiro atoms. The van der Waals surface area contributed by atoms with Crippen LogP contribution in [0.1, 0.15) is 27.5 Å². The van der Waals surface area contributed by atoms with E-state index in [1.54, 1.807) is 12.1 Å². The van der Waals surface area contributed by atoms with E-state index in [9.17, 15) is 9.59 Å². The Morgan fingerprint density at radius 2 is 1.73 bits per heavy atom. The molecule has 0 aliphatic rings. The van der Waals surface area contributed by atoms with Crippen molar-refractivity contribution in [3.63, 3.8) is 0 Å². The lowest BCUT2D eigenvalue weighted by Gasteiger charge is -2.16. The van der Waals surface area contributed by atoms with E-state index < -0.39 is 11.9 Å². The van der Waals surface area contributed by atoms with Gasteiger partial charge in [-0.05, 0) is 23.3 Å². The molecule has 2 aromatic rings. The normalized spacial score (nSPS) is 11.7. The van der Waals surface area contributed by atoms with Gasteiger partial charge >= 0.3 is 5.97 Å². The molecule has 1 atom stereocenters. The molecule has 1 amide bonds. The van der Waals surface area contributed by atoms with Crippen molar-refractivity contribution in [1.82, 2.24) is 5.32 Å². The number of ether oxygens (including phenoxy) is 1. The molecule has 0 bridgehead atoms. The third kappa shape index (κ3) is 3.93. The molecule has 5 nitrogen and oxygen atoms in total. The summed E-state index contributed by atoms with van der Waals surface area (Å²) in [5, 5.41) is 3.12. The van der Waals surface area contributed by atoms with Crippen molar-refractivity contribution >= 4 is 11.9 Å². The number of amides is 1. The van der Waals surface area contributed by atoms with E-state index in [1.165, 1.54) is 7.11 Å². The molecule has 2 aromatic carbocycles. The summed E-state index contributed by atoms with van der Waals surface area (Å²) in [6, 6.07) is 15.7. The molecule has 0 radical (unpaired) electrons. The van der Waals surface area contributed by atoms with Crippen LogP contribution in [0.2, 0.25) is 0 Å². The van der Waals surface area contributed by atoms with Crippen molar-refractivity contribution in [1.29, 1.82) is 0 Å². The monoisotopic (exact) mass is 298 g/mol. The summed E-state index contributed by atoms with van der Waals surface area (Å²) in [7, 11) is 1.34. The Kier molecular flexibility index (Phi) is 5.27. The van der Waals surface area contributed by atoms with E-state index in [0.29, 0.717) is 12.1 Å². The van der Waals surface area contributed by atoms with E-state index in [4.69, 9.17) is 5.73 Å². The molecule has 5 heteroatoms. The number of benzene rings is 2. The minimum atomic E-state index is -0.554. The predicted octanol–water partition coefficient (Wildman–Crippen LogP) is 1.79. The van der Waals surface area contributed by atoms with Crippen LogP contribution in [0.25, 0.3) is 0 Å². The van der Waals surface area contributed by atoms with E-state index in [0.717, 1.165) is 11.1 Å². The number of hydrogen-bond acceptors (Lipinski definition) is 4. The van der Waals surface area contributed by atoms with Crippen molar-refractivity contribution in [3.8, 4) is 0 Å². The molecule has 2 rings (SSSR count). The first-order valence-corrected chi connectivity index (χ1v) is 6.86. The number of methoxy groups -OCH3 is 1. The van der Waals surface area contributed by atoms with Gasteiger partial charge in [-0.2, -0.15) is 0 Å². The molecule has 0 aliphatic heterocycles. The minimum Gasteiger partial charge on any atom is -0.465 e. The maximum atomic E-state index is 11.6. The quantitative estimate of drug-likeness (QED) is 0.797. The topological polar surface area (TPSA) is 81.4 Å². The van der Waals surface area contributed by atoms with E-state index >= 15 is 0 Å². The van der Waals surface area contributed by atoms with Gasteiger partial charge in [0.05, 0.1) is 12.7 Å². The van der Waals surface area contributed by atoms with Crippen LogP contribution in [-0.4, -0.2) is 19.0 Å². The maximum Gasteiger partial charge on any atom is 0.337 e. The standard InChI is InChI=1S/C17H18N2O3/c1-22-17(21)14-9-7-12(8-10-14)11-19-15(16(18)20)13-5-3-2-4-6-13/h2-10,15,19H,11H2,1H3,(H2,18,20). The lowest BCUT2D eigenvalue weighted by Crippen LogP contribution is -2.33. The number of hydrogen-bond donors (Lipinski definition) is 2. The second kappa shape index (κ2) is 7.38. The zero-order valence-corrected chi connectivity index (χ0v) is 12.3. The highest BCUT2D eigenvalue weighted by molar-refractivity contribution is 5.89. The maximum absolute atomic E-state index is 11.6. The second-order valence-electron chi connectivity index (χ2n) is 4.82. The Bertz CT molecular complexity index is 639. The lowest BCUT2D eigenvalue weighted by molar-refractivity contribution is -0.120. The number of nitrogens with two attached hydrogens (primary N) is 1. The summed E-state index contributed by atoms with van der Waals surface area (Å²) >= 11 is 0. The largest absolute Gasteiger partial charge is 0.465 e. The van der Waals surface area contributed by atoms with E-state index in [2.05, 4.69) is 10.1 Å². The number of esters is 1. The number of nitrogens with one attached hydrogen (secondary N) is 1. The van der Waals surface area contributed by atoms with Crippen LogP contribution in [0.15, 0.2) is 54.6 Å². The summed E-state index contributed by atoms with van der Waals surface area (Å²) in [6.07, 6.45) is 0. The Morgan fingerprint density at radius 1 is 1.09 bits per heavy atom. The molecule has 22 heavy (non-hydrogen) atoms. The van der Waals surface area contributed by atoms with E-state index in [1.807, 2.05) is 42.5 Å². The third-order valence-corrected chi connectivity index (χ3v) is 3.30. The lowest BCUT2D eigenvalue weighted by atomic mass is 10.1. The van der Waals surface area contributed by atoms with Gasteiger partial charge in [0.15, 0.2) is 0 Å². The van der Waals surface area contributed by atoms with Gasteiger partial charge in [-0.1, -0.05) is 42.5 Å². The molecule has 3 N–H and O–H groups in total. The number of primary amides is 1. The van der Waals surface area contributed by atoms with Crippen LogP contribution in [0.4, 0.5) is 0 Å². The fourth-order valence-corrected chi connectivity index (χ4v) is 2.12. The third-order valence-electron chi connectivity index (χ3n) is 3.30. The first-order valence-electron chi connectivity index (χ1n) is 6.86. The van der Waals surface area contributed by atoms with Crippen LogP contribution >= 0.6 is 0 Å². The summed E-state index contributed by atoms with van der Waals surface area (Å²) in [6.45, 7) is 0.462. The summed E-state index contributed by atoms with van der Waals surface area (Å²) in [5.41, 5.74) is 7.70. The minimum absolute atomic E-state index is 0.376. The smallest absolute Gasteiger partial charge is 0.337 e. The molecule has 0 saturated carbocycles. The van der Waals surface area contributed by atoms with Crippen LogP contribution in [0, 0.1) is 0 Å². The van der Waals surface area contributed by atoms with Gasteiger partial charge in [-0.3, -0.25) is 10.1 Å². The molecule has 0 saturated heterocycles. The van der Waals surface area contributed by atoms with Gasteiger partial charge in [0.1, 0.15) is 6.04 Å². The van der Waals surface area contributed by atoms with Crippen molar-refractivity contribution in [2.75, 3.05) is 7.11 Å². The second-order valence-corrected chi connectivity index (χ2v) is 4.82. The van der Waals surface area contributed by atoms with Crippen molar-refractivity contribution in [3.05, 3.63) is 71.3 Å². The Balaban J connectivity index is 2.04. The van der Waals surface area contributed by atoms with Gasteiger partial charge < -0.3 is 10.5 Å². The summed E-state index contributed by atoms with van der Waals surface area (Å²) in [5.74, 6) is -0.809. The van der Waals surface area contributed by atoms with Gasteiger partial charge in [0.2, 0.25) is 5.91 Å². The van der Waals surface area contributed by atoms with Gasteiger partial charge in [0.25, 0.3) is 0 Å². The first kappa shape index (κ1) is 15.7. The van der Waals surface area contributed by atoms with Crippen molar-refractivity contribution in [2.45, 2.75) is 12.6 Å². The SMILES string of the molecule is COC(=O)c1ccc(CNC(C(N)=O)c2ccccc2)cc1. The molecule has 0 aliphatic carbocycles. The summed E-state index contributed by atoms with van der Waals surface area (Å²) in [4.78, 5) is 23.0. The van der Waals surface area contributed by atoms with Gasteiger partial charge in [0, 0.05) is 6.54 Å². The van der Waals surface area contributed by atoms with Crippen LogP contribution in [-0.2, 0) is 16.1 Å². The number of carbonyl (C=O) groups excluding carboxylic acids is 2. The Hall–Kier alpha value is -2.66. The highest BCUT2D eigenvalue weighted by Gasteiger charge is 2.16. The fourth-order valence-electron chi connectivity index (χ4n) is 2.12. The summed E-state index contributed by atoms with van der Waals surface area (Å²) < 4.78 is 4.65. The fraction of sp³-hybridized carbons (Fsp3) is 0.176. The number of carbonyl (C=O) groups is 2. The zero-order chi connectivity index (χ0) is 15.9. The van der Waals surface area contributed by atoms with Crippen molar-refractivity contribution in [2.24, 2.45) is 5.73 Å². The molecule has 1 unspecified atom stereocenters. The molecule has 0 heterocycles. The Labute approximate surface area is 129 Å². The number of rotatable bonds is 6. The average molecular weight is 298 g/mol. The van der Waals surface area contributed by atoms with Crippen molar-refractivity contribution < 1.29 is 14.3 Å². The predicted molar refractivity (Wildman–Crippen MR) is 83.0 cm³/mol. The molecule has 114 valence electrons.